The number of aromatic amines is 1. The summed E-state index contributed by atoms with van der Waals surface area (Å²) >= 11 is 0. The molecule has 126 valence electrons. The average Bonchev–Trinajstić information content (AvgIpc) is 3.17. The number of carbonyl (C=O) groups is 1. The van der Waals surface area contributed by atoms with Crippen LogP contribution in [0, 0.1) is 0 Å². The summed E-state index contributed by atoms with van der Waals surface area (Å²) in [6.07, 6.45) is 6.00. The number of primary amides is 1. The number of nitrogens with one attached hydrogen (secondary N) is 1. The smallest absolute Gasteiger partial charge is 0.248 e. The van der Waals surface area contributed by atoms with E-state index in [0.717, 1.165) is 31.5 Å². The molecule has 0 radical (unpaired) electrons. The van der Waals surface area contributed by atoms with Gasteiger partial charge in [-0.1, -0.05) is 18.2 Å². The highest BCUT2D eigenvalue weighted by Gasteiger charge is 2.18. The van der Waals surface area contributed by atoms with E-state index in [2.05, 4.69) is 33.3 Å². The number of nitrogens with zero attached hydrogens (tertiary/aromatic N) is 2. The lowest BCUT2D eigenvalue weighted by Gasteiger charge is -2.31. The Labute approximate surface area is 146 Å². The third-order valence-electron chi connectivity index (χ3n) is 4.74. The molecular weight excluding hydrogens is 312 g/mol. The number of H-pyrrole nitrogens is 1. The summed E-state index contributed by atoms with van der Waals surface area (Å²) in [7, 11) is 0. The Morgan fingerprint density at radius 1 is 1.16 bits per heavy atom. The first-order chi connectivity index (χ1) is 12.2. The Morgan fingerprint density at radius 3 is 2.72 bits per heavy atom. The van der Waals surface area contributed by atoms with Gasteiger partial charge in [0.15, 0.2) is 0 Å². The molecule has 1 amide bonds. The van der Waals surface area contributed by atoms with Gasteiger partial charge in [-0.05, 0) is 53.8 Å². The van der Waals surface area contributed by atoms with Crippen molar-refractivity contribution in [2.24, 2.45) is 5.73 Å². The second-order valence-electron chi connectivity index (χ2n) is 6.42. The van der Waals surface area contributed by atoms with E-state index in [1.807, 2.05) is 24.5 Å². The van der Waals surface area contributed by atoms with Gasteiger partial charge >= 0.3 is 0 Å². The van der Waals surface area contributed by atoms with E-state index in [1.165, 1.54) is 22.4 Å². The maximum atomic E-state index is 11.2. The summed E-state index contributed by atoms with van der Waals surface area (Å²) in [4.78, 5) is 13.6. The van der Waals surface area contributed by atoms with Crippen molar-refractivity contribution < 1.29 is 4.79 Å². The summed E-state index contributed by atoms with van der Waals surface area (Å²) in [6.45, 7) is 1.87. The Bertz CT molecular complexity index is 885. The van der Waals surface area contributed by atoms with E-state index >= 15 is 0 Å². The molecule has 1 aliphatic rings. The fraction of sp³-hybridized carbons (Fsp3) is 0.200. The number of amides is 1. The molecule has 4 rings (SSSR count). The number of hydrogen-bond acceptors (Lipinski definition) is 3. The summed E-state index contributed by atoms with van der Waals surface area (Å²) in [5, 5.41) is 6.90. The zero-order valence-electron chi connectivity index (χ0n) is 13.9. The van der Waals surface area contributed by atoms with Crippen LogP contribution in [-0.2, 0) is 13.0 Å². The molecule has 0 spiro atoms. The van der Waals surface area contributed by atoms with Crippen molar-refractivity contribution in [3.63, 3.8) is 0 Å². The van der Waals surface area contributed by atoms with Crippen LogP contribution in [0.15, 0.2) is 54.9 Å². The van der Waals surface area contributed by atoms with E-state index < -0.39 is 0 Å². The molecule has 0 saturated carbocycles. The lowest BCUT2D eigenvalue weighted by molar-refractivity contribution is 0.100. The molecule has 0 saturated heterocycles. The average molecular weight is 332 g/mol. The predicted octanol–water partition coefficient (Wildman–Crippen LogP) is 3.13. The maximum absolute atomic E-state index is 11.2. The summed E-state index contributed by atoms with van der Waals surface area (Å²) in [5.41, 5.74) is 12.0. The van der Waals surface area contributed by atoms with Crippen molar-refractivity contribution in [1.82, 2.24) is 10.2 Å². The van der Waals surface area contributed by atoms with Gasteiger partial charge in [0.05, 0.1) is 6.20 Å². The van der Waals surface area contributed by atoms with Crippen LogP contribution in [0.2, 0.25) is 0 Å². The highest BCUT2D eigenvalue weighted by Crippen LogP contribution is 2.32. The summed E-state index contributed by atoms with van der Waals surface area (Å²) < 4.78 is 0. The van der Waals surface area contributed by atoms with E-state index in [-0.39, 0.29) is 5.91 Å². The number of rotatable bonds is 4. The standard InChI is InChI=1S/C20H20N4O/c21-20(25)15-5-3-14(4-6-15)13-24-9-1-2-17-10-16(7-8-19(17)24)18-11-22-23-12-18/h3-8,10-12H,1-2,9,13H2,(H2,21,25)(H,22,23). The first-order valence-corrected chi connectivity index (χ1v) is 8.46. The molecular formula is C20H20N4O. The number of benzene rings is 2. The number of aromatic nitrogens is 2. The third-order valence-corrected chi connectivity index (χ3v) is 4.74. The fourth-order valence-electron chi connectivity index (χ4n) is 3.42. The van der Waals surface area contributed by atoms with Crippen LogP contribution in [0.25, 0.3) is 11.1 Å². The van der Waals surface area contributed by atoms with Crippen molar-refractivity contribution in [2.45, 2.75) is 19.4 Å². The molecule has 2 heterocycles. The fourth-order valence-corrected chi connectivity index (χ4v) is 3.42. The molecule has 1 aliphatic heterocycles. The first kappa shape index (κ1) is 15.4. The van der Waals surface area contributed by atoms with Crippen LogP contribution < -0.4 is 10.6 Å². The summed E-state index contributed by atoms with van der Waals surface area (Å²) in [6, 6.07) is 14.2. The number of nitrogens with two attached hydrogens (primary N) is 1. The third kappa shape index (κ3) is 3.13. The Balaban J connectivity index is 1.58. The molecule has 3 aromatic rings. The van der Waals surface area contributed by atoms with Crippen molar-refractivity contribution in [3.8, 4) is 11.1 Å². The van der Waals surface area contributed by atoms with Gasteiger partial charge in [-0.3, -0.25) is 9.89 Å². The zero-order chi connectivity index (χ0) is 17.2. The highest BCUT2D eigenvalue weighted by molar-refractivity contribution is 5.92. The van der Waals surface area contributed by atoms with Crippen LogP contribution in [0.5, 0.6) is 0 Å². The first-order valence-electron chi connectivity index (χ1n) is 8.46. The van der Waals surface area contributed by atoms with Gasteiger partial charge < -0.3 is 10.6 Å². The molecule has 0 unspecified atom stereocenters. The zero-order valence-corrected chi connectivity index (χ0v) is 13.9. The van der Waals surface area contributed by atoms with E-state index in [0.29, 0.717) is 5.56 Å². The lowest BCUT2D eigenvalue weighted by Crippen LogP contribution is -2.28. The van der Waals surface area contributed by atoms with Crippen molar-refractivity contribution in [1.29, 1.82) is 0 Å². The largest absolute Gasteiger partial charge is 0.367 e. The molecule has 0 bridgehead atoms. The van der Waals surface area contributed by atoms with E-state index in [1.54, 1.807) is 12.1 Å². The van der Waals surface area contributed by atoms with E-state index in [9.17, 15) is 4.79 Å². The van der Waals surface area contributed by atoms with Gasteiger partial charge in [-0.15, -0.1) is 0 Å². The van der Waals surface area contributed by atoms with Gasteiger partial charge in [0, 0.05) is 36.1 Å². The second kappa shape index (κ2) is 6.43. The molecule has 5 heteroatoms. The Morgan fingerprint density at radius 2 is 2.00 bits per heavy atom. The SMILES string of the molecule is NC(=O)c1ccc(CN2CCCc3cc(-c4cn[nH]c4)ccc32)cc1. The van der Waals surface area contributed by atoms with Gasteiger partial charge in [-0.25, -0.2) is 0 Å². The maximum Gasteiger partial charge on any atom is 0.248 e. The van der Waals surface area contributed by atoms with Crippen molar-refractivity contribution >= 4 is 11.6 Å². The monoisotopic (exact) mass is 332 g/mol. The quantitative estimate of drug-likeness (QED) is 0.771. The van der Waals surface area contributed by atoms with Crippen LogP contribution in [0.1, 0.15) is 27.9 Å². The van der Waals surface area contributed by atoms with E-state index in [4.69, 9.17) is 5.73 Å². The van der Waals surface area contributed by atoms with Crippen molar-refractivity contribution in [2.75, 3.05) is 11.4 Å². The van der Waals surface area contributed by atoms with Crippen molar-refractivity contribution in [3.05, 3.63) is 71.5 Å². The number of carbonyl (C=O) groups excluding carboxylic acids is 1. The Hall–Kier alpha value is -3.08. The molecule has 25 heavy (non-hydrogen) atoms. The van der Waals surface area contributed by atoms with Gasteiger partial charge in [0.2, 0.25) is 5.91 Å². The molecule has 3 N–H and O–H groups in total. The number of hydrogen-bond donors (Lipinski definition) is 2. The molecule has 0 aliphatic carbocycles. The van der Waals surface area contributed by atoms with Gasteiger partial charge in [0.25, 0.3) is 0 Å². The summed E-state index contributed by atoms with van der Waals surface area (Å²) in [5.74, 6) is -0.387. The molecule has 5 nitrogen and oxygen atoms in total. The lowest BCUT2D eigenvalue weighted by atomic mass is 9.97. The minimum absolute atomic E-state index is 0.387. The topological polar surface area (TPSA) is 75.0 Å². The van der Waals surface area contributed by atoms with Crippen LogP contribution in [-0.4, -0.2) is 22.6 Å². The minimum Gasteiger partial charge on any atom is -0.367 e. The molecule has 2 aromatic carbocycles. The van der Waals surface area contributed by atoms with Gasteiger partial charge in [-0.2, -0.15) is 5.10 Å². The molecule has 1 aromatic heterocycles. The second-order valence-corrected chi connectivity index (χ2v) is 6.42. The van der Waals surface area contributed by atoms with Crippen LogP contribution in [0.3, 0.4) is 0 Å². The van der Waals surface area contributed by atoms with Crippen LogP contribution in [0.4, 0.5) is 5.69 Å². The normalized spacial score (nSPS) is 13.5. The van der Waals surface area contributed by atoms with Gasteiger partial charge in [0.1, 0.15) is 0 Å². The highest BCUT2D eigenvalue weighted by atomic mass is 16.1. The number of fused-ring (bicyclic) bond motifs is 1. The predicted molar refractivity (Wildman–Crippen MR) is 98.4 cm³/mol. The molecule has 0 fully saturated rings. The van der Waals surface area contributed by atoms with Crippen LogP contribution >= 0.6 is 0 Å². The number of anilines is 1. The number of aryl methyl sites for hydroxylation is 1. The Kier molecular flexibility index (Phi) is 3.98. The molecule has 0 atom stereocenters. The minimum atomic E-state index is -0.387.